The van der Waals surface area contributed by atoms with E-state index in [1.54, 1.807) is 0 Å². The maximum absolute atomic E-state index is 4.45. The summed E-state index contributed by atoms with van der Waals surface area (Å²) in [5.41, 5.74) is 23.0. The zero-order valence-electron chi connectivity index (χ0n) is 30.9. The Morgan fingerprint density at radius 3 is 1.55 bits per heavy atom. The van der Waals surface area contributed by atoms with Gasteiger partial charge in [0.2, 0.25) is 0 Å². The minimum atomic E-state index is 0.0123. The zero-order valence-corrected chi connectivity index (χ0v) is 34.1. The second-order valence-electron chi connectivity index (χ2n) is 18.0. The molecule has 2 bridgehead atoms. The smallest absolute Gasteiger partial charge is 0.0686 e. The molecule has 6 aliphatic carbocycles. The molecule has 1 nitrogen and oxygen atoms in total. The number of rotatable bonds is 2. The Morgan fingerprint density at radius 1 is 0.509 bits per heavy atom. The Morgan fingerprint density at radius 2 is 0.982 bits per heavy atom. The topological polar surface area (TPSA) is 4.93 Å². The van der Waals surface area contributed by atoms with Crippen LogP contribution in [-0.4, -0.2) is 4.57 Å². The van der Waals surface area contributed by atoms with E-state index in [1.807, 2.05) is 0 Å². The molecule has 0 aliphatic heterocycles. The Bertz CT molecular complexity index is 3000. The number of fused-ring (bicyclic) bond motifs is 10. The molecular formula is C52H37Br2N. The molecule has 0 fully saturated rings. The van der Waals surface area contributed by atoms with Crippen LogP contribution in [-0.2, 0) is 11.8 Å². The molecule has 264 valence electrons. The SMILES string of the molecule is CC(C)(C)Cc1ccc(-n2c3c(Br)c4c(cc3c3cc5c(c(Br)c32)C2c3ccccc3C23c2ccccc2C53)C2c3ccccc3C4c3ccccc32)cc1. The summed E-state index contributed by atoms with van der Waals surface area (Å²) >= 11 is 8.86. The number of hydrogen-bond donors (Lipinski definition) is 0. The molecule has 55 heavy (non-hydrogen) atoms. The van der Waals surface area contributed by atoms with Crippen LogP contribution in [0.5, 0.6) is 0 Å². The molecule has 3 atom stereocenters. The van der Waals surface area contributed by atoms with Gasteiger partial charge >= 0.3 is 0 Å². The standard InChI is InChI=1S/C52H37Br2N/c1-51(2,3)26-27-20-22-28(23-21-27)55-49-35(24-37-41-29-12-4-6-14-31(29)42(43(37)47(49)53)32-15-7-5-13-30(32)41)36-25-38-44(48(54)50(36)55)46-34-17-9-11-19-40(34)52(46)39-18-10-8-16-33(39)45(38)52/h4-25,41-42,45-46H,26H2,1-3H3. The van der Waals surface area contributed by atoms with Gasteiger partial charge < -0.3 is 4.57 Å². The van der Waals surface area contributed by atoms with Crippen LogP contribution in [0.2, 0.25) is 0 Å². The van der Waals surface area contributed by atoms with Crippen molar-refractivity contribution < 1.29 is 0 Å². The molecule has 3 unspecified atom stereocenters. The van der Waals surface area contributed by atoms with Crippen molar-refractivity contribution in [2.75, 3.05) is 0 Å². The molecule has 6 aliphatic rings. The molecule has 14 rings (SSSR count). The Balaban J connectivity index is 1.15. The Kier molecular flexibility index (Phi) is 5.94. The highest BCUT2D eigenvalue weighted by molar-refractivity contribution is 9.11. The maximum atomic E-state index is 4.45. The van der Waals surface area contributed by atoms with E-state index in [2.05, 4.69) is 191 Å². The molecule has 0 saturated heterocycles. The van der Waals surface area contributed by atoms with Crippen molar-refractivity contribution in [2.45, 2.75) is 56.3 Å². The third-order valence-corrected chi connectivity index (χ3v) is 15.7. The molecule has 1 aromatic heterocycles. The summed E-state index contributed by atoms with van der Waals surface area (Å²) < 4.78 is 5.05. The van der Waals surface area contributed by atoms with Gasteiger partial charge in [-0.1, -0.05) is 130 Å². The summed E-state index contributed by atoms with van der Waals surface area (Å²) in [5, 5.41) is 2.65. The molecule has 0 saturated carbocycles. The lowest BCUT2D eigenvalue weighted by atomic mass is 9.43. The summed E-state index contributed by atoms with van der Waals surface area (Å²) in [6, 6.07) is 51.5. The van der Waals surface area contributed by atoms with Gasteiger partial charge in [-0.2, -0.15) is 0 Å². The number of hydrogen-bond acceptors (Lipinski definition) is 0. The van der Waals surface area contributed by atoms with Crippen molar-refractivity contribution in [3.63, 3.8) is 0 Å². The minimum Gasteiger partial charge on any atom is -0.307 e. The van der Waals surface area contributed by atoms with Crippen molar-refractivity contribution in [1.82, 2.24) is 4.57 Å². The van der Waals surface area contributed by atoms with Crippen molar-refractivity contribution >= 4 is 53.7 Å². The minimum absolute atomic E-state index is 0.0123. The largest absolute Gasteiger partial charge is 0.307 e. The number of aromatic nitrogens is 1. The number of benzene rings is 7. The van der Waals surface area contributed by atoms with Crippen LogP contribution < -0.4 is 0 Å². The highest BCUT2D eigenvalue weighted by atomic mass is 79.9. The molecule has 8 aromatic rings. The van der Waals surface area contributed by atoms with Crippen LogP contribution in [0.25, 0.3) is 27.5 Å². The van der Waals surface area contributed by atoms with E-state index in [1.165, 1.54) is 109 Å². The van der Waals surface area contributed by atoms with Gasteiger partial charge in [0.15, 0.2) is 0 Å². The quantitative estimate of drug-likeness (QED) is 0.163. The van der Waals surface area contributed by atoms with Crippen LogP contribution in [0.3, 0.4) is 0 Å². The third-order valence-electron chi connectivity index (χ3n) is 14.1. The van der Waals surface area contributed by atoms with Gasteiger partial charge in [-0.3, -0.25) is 0 Å². The second-order valence-corrected chi connectivity index (χ2v) is 19.5. The van der Waals surface area contributed by atoms with Crippen LogP contribution in [0.1, 0.15) is 117 Å². The molecule has 1 spiro atoms. The first-order valence-corrected chi connectivity index (χ1v) is 21.3. The first-order chi connectivity index (χ1) is 26.8. The molecule has 7 aromatic carbocycles. The van der Waals surface area contributed by atoms with Crippen LogP contribution in [0.15, 0.2) is 142 Å². The van der Waals surface area contributed by atoms with Gasteiger partial charge in [0.25, 0.3) is 0 Å². The Hall–Kier alpha value is -4.70. The number of halogens is 2. The summed E-state index contributed by atoms with van der Waals surface area (Å²) in [6.45, 7) is 6.98. The van der Waals surface area contributed by atoms with Crippen molar-refractivity contribution in [3.8, 4) is 5.69 Å². The molecule has 3 heteroatoms. The fraction of sp³-hybridized carbons (Fsp3) is 0.192. The van der Waals surface area contributed by atoms with E-state index < -0.39 is 0 Å². The molecule has 0 amide bonds. The Labute approximate surface area is 338 Å². The lowest BCUT2D eigenvalue weighted by molar-refractivity contribution is 0.332. The normalized spacial score (nSPS) is 22.8. The van der Waals surface area contributed by atoms with Crippen molar-refractivity contribution in [3.05, 3.63) is 215 Å². The lowest BCUT2D eigenvalue weighted by Gasteiger charge is -2.58. The summed E-state index contributed by atoms with van der Waals surface area (Å²) in [6.07, 6.45) is 1.04. The predicted molar refractivity (Wildman–Crippen MR) is 231 cm³/mol. The lowest BCUT2D eigenvalue weighted by Crippen LogP contribution is -2.52. The van der Waals surface area contributed by atoms with E-state index in [4.69, 9.17) is 0 Å². The molecular weight excluding hydrogens is 798 g/mol. The fourth-order valence-corrected chi connectivity index (χ4v) is 14.1. The average molecular weight is 836 g/mol. The van der Waals surface area contributed by atoms with E-state index in [9.17, 15) is 0 Å². The van der Waals surface area contributed by atoms with Gasteiger partial charge in [-0.15, -0.1) is 0 Å². The van der Waals surface area contributed by atoms with Gasteiger partial charge in [0.1, 0.15) is 0 Å². The van der Waals surface area contributed by atoms with Gasteiger partial charge in [0, 0.05) is 54.5 Å². The van der Waals surface area contributed by atoms with Crippen LogP contribution in [0.4, 0.5) is 0 Å². The monoisotopic (exact) mass is 833 g/mol. The second kappa shape index (κ2) is 10.4. The summed E-state index contributed by atoms with van der Waals surface area (Å²) in [5.74, 6) is 1.06. The third kappa shape index (κ3) is 3.63. The van der Waals surface area contributed by atoms with Crippen molar-refractivity contribution in [2.24, 2.45) is 5.41 Å². The maximum Gasteiger partial charge on any atom is 0.0686 e. The fourth-order valence-electron chi connectivity index (χ4n) is 12.4. The average Bonchev–Trinajstić information content (AvgIpc) is 3.62. The van der Waals surface area contributed by atoms with Crippen molar-refractivity contribution in [1.29, 1.82) is 0 Å². The summed E-state index contributed by atoms with van der Waals surface area (Å²) in [4.78, 5) is 0. The van der Waals surface area contributed by atoms with Crippen LogP contribution >= 0.6 is 31.9 Å². The van der Waals surface area contributed by atoms with Gasteiger partial charge in [-0.05, 0) is 140 Å². The molecule has 0 radical (unpaired) electrons. The van der Waals surface area contributed by atoms with Crippen LogP contribution in [0, 0.1) is 5.41 Å². The predicted octanol–water partition coefficient (Wildman–Crippen LogP) is 13.8. The molecule has 1 heterocycles. The van der Waals surface area contributed by atoms with Gasteiger partial charge in [-0.25, -0.2) is 0 Å². The summed E-state index contributed by atoms with van der Waals surface area (Å²) in [7, 11) is 0. The van der Waals surface area contributed by atoms with E-state index in [0.717, 1.165) is 6.42 Å². The highest BCUT2D eigenvalue weighted by Crippen LogP contribution is 2.78. The van der Waals surface area contributed by atoms with E-state index in [0.29, 0.717) is 11.8 Å². The highest BCUT2D eigenvalue weighted by Gasteiger charge is 2.69. The van der Waals surface area contributed by atoms with E-state index >= 15 is 0 Å². The number of nitrogens with zero attached hydrogens (tertiary/aromatic N) is 1. The zero-order chi connectivity index (χ0) is 36.7. The van der Waals surface area contributed by atoms with Gasteiger partial charge in [0.05, 0.1) is 11.0 Å². The first-order valence-electron chi connectivity index (χ1n) is 19.8. The molecule has 0 N–H and O–H groups in total. The van der Waals surface area contributed by atoms with E-state index in [-0.39, 0.29) is 22.7 Å². The first kappa shape index (κ1) is 31.5.